The van der Waals surface area contributed by atoms with E-state index in [9.17, 15) is 4.79 Å². The fourth-order valence-electron chi connectivity index (χ4n) is 3.27. The van der Waals surface area contributed by atoms with Crippen molar-refractivity contribution in [2.75, 3.05) is 20.6 Å². The monoisotopic (exact) mass is 276 g/mol. The molecule has 1 aliphatic carbocycles. The molecule has 0 radical (unpaired) electrons. The maximum atomic E-state index is 11.0. The van der Waals surface area contributed by atoms with E-state index in [-0.39, 0.29) is 11.3 Å². The minimum absolute atomic E-state index is 0.192. The molecule has 2 N–H and O–H groups in total. The molecule has 3 nitrogen and oxygen atoms in total. The lowest BCUT2D eigenvalue weighted by atomic mass is 9.65. The van der Waals surface area contributed by atoms with Crippen LogP contribution in [0.2, 0.25) is 0 Å². The third-order valence-corrected chi connectivity index (χ3v) is 4.71. The zero-order valence-corrected chi connectivity index (χ0v) is 12.6. The van der Waals surface area contributed by atoms with Gasteiger partial charge in [0.1, 0.15) is 6.29 Å². The van der Waals surface area contributed by atoms with Gasteiger partial charge < -0.3 is 14.8 Å². The second-order valence-corrected chi connectivity index (χ2v) is 6.38. The summed E-state index contributed by atoms with van der Waals surface area (Å²) in [6.07, 6.45) is 6.42. The quantitative estimate of drug-likeness (QED) is 0.613. The predicted octanol–water partition coefficient (Wildman–Crippen LogP) is 2.70. The van der Waals surface area contributed by atoms with Gasteiger partial charge in [0.05, 0.1) is 0 Å². The summed E-state index contributed by atoms with van der Waals surface area (Å²) in [5.74, 6) is 0.816. The average Bonchev–Trinajstić information content (AvgIpc) is 2.46. The van der Waals surface area contributed by atoms with Gasteiger partial charge in [0.25, 0.3) is 5.75 Å². The molecule has 0 amide bonds. The molecule has 0 heterocycles. The van der Waals surface area contributed by atoms with Gasteiger partial charge in [0.2, 0.25) is 0 Å². The Labute approximate surface area is 121 Å². The Hall–Kier alpha value is -1.35. The van der Waals surface area contributed by atoms with Crippen LogP contribution < -0.4 is 0 Å². The lowest BCUT2D eigenvalue weighted by Crippen LogP contribution is -2.35. The summed E-state index contributed by atoms with van der Waals surface area (Å²) >= 11 is 0. The maximum Gasteiger partial charge on any atom is 0.253 e. The number of benzene rings is 1. The van der Waals surface area contributed by atoms with Gasteiger partial charge in [-0.1, -0.05) is 0 Å². The van der Waals surface area contributed by atoms with E-state index in [1.165, 1.54) is 5.56 Å². The molecule has 1 saturated carbocycles. The van der Waals surface area contributed by atoms with Crippen molar-refractivity contribution in [1.29, 1.82) is 0 Å². The van der Waals surface area contributed by atoms with E-state index in [1.807, 2.05) is 12.1 Å². The smallest absolute Gasteiger partial charge is 0.253 e. The molecule has 110 valence electrons. The normalized spacial score (nSPS) is 26.6. The van der Waals surface area contributed by atoms with E-state index in [0.29, 0.717) is 5.75 Å². The fraction of sp³-hybridized carbons (Fsp3) is 0.588. The summed E-state index contributed by atoms with van der Waals surface area (Å²) in [4.78, 5) is 13.2. The van der Waals surface area contributed by atoms with Gasteiger partial charge in [-0.15, -0.1) is 0 Å². The molecule has 1 aliphatic rings. The lowest BCUT2D eigenvalue weighted by Gasteiger charge is -2.40. The first-order chi connectivity index (χ1) is 9.55. The number of aldehydes is 1. The van der Waals surface area contributed by atoms with Crippen molar-refractivity contribution in [2.24, 2.45) is 5.92 Å². The van der Waals surface area contributed by atoms with Crippen molar-refractivity contribution in [3.05, 3.63) is 29.8 Å². The van der Waals surface area contributed by atoms with Crippen LogP contribution >= 0.6 is 0 Å². The van der Waals surface area contributed by atoms with Gasteiger partial charge in [-0.3, -0.25) is 0 Å². The second-order valence-electron chi connectivity index (χ2n) is 6.38. The average molecular weight is 276 g/mol. The van der Waals surface area contributed by atoms with E-state index in [4.69, 9.17) is 5.11 Å². The minimum Gasteiger partial charge on any atom is -0.593 e. The van der Waals surface area contributed by atoms with Gasteiger partial charge in [-0.05, 0) is 75.9 Å². The highest BCUT2D eigenvalue weighted by molar-refractivity contribution is 5.54. The molecule has 0 unspecified atom stereocenters. The zero-order valence-electron chi connectivity index (χ0n) is 12.6. The minimum atomic E-state index is 0.192. The van der Waals surface area contributed by atoms with Crippen LogP contribution in [0.4, 0.5) is 0 Å². The van der Waals surface area contributed by atoms with E-state index in [2.05, 4.69) is 31.1 Å². The zero-order chi connectivity index (χ0) is 14.6. The highest BCUT2D eigenvalue weighted by Crippen LogP contribution is 2.44. The summed E-state index contributed by atoms with van der Waals surface area (Å²) < 4.78 is 0. The third kappa shape index (κ3) is 3.40. The molecule has 0 spiro atoms. The summed E-state index contributed by atoms with van der Waals surface area (Å²) in [5, 5.41) is 7.65. The molecule has 0 atom stereocenters. The van der Waals surface area contributed by atoms with Gasteiger partial charge >= 0.3 is 0 Å². The topological polar surface area (TPSA) is 43.2 Å². The van der Waals surface area contributed by atoms with E-state index in [1.54, 1.807) is 0 Å². The molecule has 1 fully saturated rings. The van der Waals surface area contributed by atoms with Crippen LogP contribution in [0.5, 0.6) is 5.75 Å². The van der Waals surface area contributed by atoms with Crippen LogP contribution in [0, 0.1) is 5.92 Å². The molecule has 1 aromatic rings. The maximum absolute atomic E-state index is 11.0. The Morgan fingerprint density at radius 1 is 1.25 bits per heavy atom. The Bertz CT molecular complexity index is 431. The molecule has 0 aliphatic heterocycles. The Balaban J connectivity index is 2.20. The molecule has 20 heavy (non-hydrogen) atoms. The lowest BCUT2D eigenvalue weighted by molar-refractivity contribution is -0.112. The molecule has 0 bridgehead atoms. The first kappa shape index (κ1) is 15.0. The SMILES string of the molecule is CN(C)CCC1(c2ccc([OH2+])cc2)CCC(C=O)CC1. The van der Waals surface area contributed by atoms with Gasteiger partial charge in [-0.25, -0.2) is 0 Å². The standard InChI is InChI=1S/C17H25NO2/c1-18(2)12-11-17(9-7-14(13-19)8-10-17)15-3-5-16(20)6-4-15/h3-6,13-14,20H,7-12H2,1-2H3/p+1. The Morgan fingerprint density at radius 2 is 1.85 bits per heavy atom. The van der Waals surface area contributed by atoms with Crippen molar-refractivity contribution in [2.45, 2.75) is 37.5 Å². The molecule has 3 heteroatoms. The van der Waals surface area contributed by atoms with E-state index < -0.39 is 0 Å². The highest BCUT2D eigenvalue weighted by Gasteiger charge is 2.36. The fourth-order valence-corrected chi connectivity index (χ4v) is 3.27. The number of carbonyl (C=O) groups is 1. The molecule has 1 aromatic carbocycles. The van der Waals surface area contributed by atoms with Crippen molar-refractivity contribution in [3.63, 3.8) is 0 Å². The van der Waals surface area contributed by atoms with Crippen LogP contribution in [-0.4, -0.2) is 36.9 Å². The molecule has 0 aromatic heterocycles. The van der Waals surface area contributed by atoms with Crippen LogP contribution in [0.3, 0.4) is 0 Å². The summed E-state index contributed by atoms with van der Waals surface area (Å²) in [7, 11) is 4.22. The largest absolute Gasteiger partial charge is 0.593 e. The number of carbonyl (C=O) groups excluding carboxylic acids is 1. The first-order valence-electron chi connectivity index (χ1n) is 7.48. The number of nitrogens with zero attached hydrogens (tertiary/aromatic N) is 1. The Morgan fingerprint density at radius 3 is 2.35 bits per heavy atom. The van der Waals surface area contributed by atoms with E-state index in [0.717, 1.165) is 44.9 Å². The number of rotatable bonds is 5. The molecular formula is C17H26NO2+. The highest BCUT2D eigenvalue weighted by atomic mass is 16.3. The van der Waals surface area contributed by atoms with Gasteiger partial charge in [0, 0.05) is 18.1 Å². The molecule has 2 rings (SSSR count). The van der Waals surface area contributed by atoms with Crippen molar-refractivity contribution < 1.29 is 9.90 Å². The first-order valence-corrected chi connectivity index (χ1v) is 7.48. The number of hydrogen-bond acceptors (Lipinski definition) is 2. The van der Waals surface area contributed by atoms with Crippen LogP contribution in [-0.2, 0) is 10.2 Å². The predicted molar refractivity (Wildman–Crippen MR) is 82.4 cm³/mol. The summed E-state index contributed by atoms with van der Waals surface area (Å²) in [5.41, 5.74) is 1.54. The van der Waals surface area contributed by atoms with Crippen LogP contribution in [0.25, 0.3) is 0 Å². The van der Waals surface area contributed by atoms with E-state index >= 15 is 0 Å². The van der Waals surface area contributed by atoms with Gasteiger partial charge in [0.15, 0.2) is 0 Å². The second kappa shape index (κ2) is 6.40. The summed E-state index contributed by atoms with van der Waals surface area (Å²) in [6, 6.07) is 8.00. The van der Waals surface area contributed by atoms with Crippen molar-refractivity contribution in [1.82, 2.24) is 4.90 Å². The molecule has 0 saturated heterocycles. The van der Waals surface area contributed by atoms with Crippen LogP contribution in [0.15, 0.2) is 24.3 Å². The Kier molecular flexibility index (Phi) is 4.81. The van der Waals surface area contributed by atoms with Gasteiger partial charge in [-0.2, -0.15) is 0 Å². The third-order valence-electron chi connectivity index (χ3n) is 4.71. The van der Waals surface area contributed by atoms with Crippen molar-refractivity contribution in [3.8, 4) is 5.75 Å². The summed E-state index contributed by atoms with van der Waals surface area (Å²) in [6.45, 7) is 1.06. The molecular weight excluding hydrogens is 250 g/mol. The van der Waals surface area contributed by atoms with Crippen molar-refractivity contribution >= 4 is 6.29 Å². The number of hydrogen-bond donors (Lipinski definition) is 0. The van der Waals surface area contributed by atoms with Crippen LogP contribution in [0.1, 0.15) is 37.7 Å².